The molecule has 6 heteroatoms. The summed E-state index contributed by atoms with van der Waals surface area (Å²) < 4.78 is 20.6. The van der Waals surface area contributed by atoms with Gasteiger partial charge in [-0.1, -0.05) is 6.07 Å². The topological polar surface area (TPSA) is 37.7 Å². The predicted octanol–water partition coefficient (Wildman–Crippen LogP) is 4.20. The molecule has 1 aliphatic heterocycles. The predicted molar refractivity (Wildman–Crippen MR) is 116 cm³/mol. The summed E-state index contributed by atoms with van der Waals surface area (Å²) in [6, 6.07) is 16.3. The Morgan fingerprint density at radius 3 is 2.30 bits per heavy atom. The van der Waals surface area contributed by atoms with Gasteiger partial charge < -0.3 is 19.1 Å². The fraction of sp³-hybridized carbons (Fsp3) is 0.292. The van der Waals surface area contributed by atoms with Crippen molar-refractivity contribution in [3.05, 3.63) is 77.4 Å². The Hall–Kier alpha value is -3.28. The van der Waals surface area contributed by atoms with Gasteiger partial charge in [-0.3, -0.25) is 4.79 Å². The fourth-order valence-corrected chi connectivity index (χ4v) is 4.11. The Labute approximate surface area is 176 Å². The number of halogens is 1. The number of hydrogen-bond acceptors (Lipinski definition) is 3. The zero-order valence-corrected chi connectivity index (χ0v) is 17.6. The molecule has 0 N–H and O–H groups in total. The largest absolute Gasteiger partial charge is 0.497 e. The average Bonchev–Trinajstić information content (AvgIpc) is 3.08. The van der Waals surface area contributed by atoms with Crippen LogP contribution in [0.5, 0.6) is 5.75 Å². The number of rotatable bonds is 4. The number of nitrogens with zero attached hydrogens (tertiary/aromatic N) is 3. The van der Waals surface area contributed by atoms with Crippen LogP contribution >= 0.6 is 0 Å². The summed E-state index contributed by atoms with van der Waals surface area (Å²) in [7, 11) is 1.66. The summed E-state index contributed by atoms with van der Waals surface area (Å²) >= 11 is 0. The van der Waals surface area contributed by atoms with Crippen molar-refractivity contribution in [2.45, 2.75) is 13.8 Å². The highest BCUT2D eigenvalue weighted by Gasteiger charge is 2.25. The first kappa shape index (κ1) is 20.0. The summed E-state index contributed by atoms with van der Waals surface area (Å²) in [5, 5.41) is 0. The first-order valence-corrected chi connectivity index (χ1v) is 10.1. The second kappa shape index (κ2) is 8.22. The van der Waals surface area contributed by atoms with Crippen molar-refractivity contribution in [2.24, 2.45) is 0 Å². The van der Waals surface area contributed by atoms with Crippen molar-refractivity contribution >= 4 is 11.6 Å². The molecule has 1 fully saturated rings. The lowest BCUT2D eigenvalue weighted by Crippen LogP contribution is -2.48. The summed E-state index contributed by atoms with van der Waals surface area (Å²) in [6.45, 7) is 6.78. The molecule has 0 radical (unpaired) electrons. The molecular formula is C24H26FN3O2. The molecule has 156 valence electrons. The Balaban J connectivity index is 1.49. The van der Waals surface area contributed by atoms with Gasteiger partial charge in [0.1, 0.15) is 11.6 Å². The molecule has 5 nitrogen and oxygen atoms in total. The van der Waals surface area contributed by atoms with E-state index in [1.54, 1.807) is 19.2 Å². The highest BCUT2D eigenvalue weighted by Crippen LogP contribution is 2.25. The lowest BCUT2D eigenvalue weighted by Gasteiger charge is -2.36. The first-order chi connectivity index (χ1) is 14.5. The van der Waals surface area contributed by atoms with Crippen LogP contribution in [-0.2, 0) is 0 Å². The van der Waals surface area contributed by atoms with Gasteiger partial charge in [-0.2, -0.15) is 0 Å². The van der Waals surface area contributed by atoms with E-state index in [2.05, 4.69) is 11.0 Å². The van der Waals surface area contributed by atoms with Gasteiger partial charge in [-0.25, -0.2) is 4.39 Å². The van der Waals surface area contributed by atoms with E-state index in [-0.39, 0.29) is 11.7 Å². The van der Waals surface area contributed by atoms with Crippen LogP contribution < -0.4 is 9.64 Å². The van der Waals surface area contributed by atoms with Crippen LogP contribution in [-0.4, -0.2) is 48.7 Å². The molecule has 2 heterocycles. The van der Waals surface area contributed by atoms with Gasteiger partial charge in [-0.05, 0) is 56.3 Å². The minimum Gasteiger partial charge on any atom is -0.497 e. The summed E-state index contributed by atoms with van der Waals surface area (Å²) in [5.41, 5.74) is 4.49. The van der Waals surface area contributed by atoms with Crippen LogP contribution in [0.15, 0.2) is 54.6 Å². The number of aromatic nitrogens is 1. The number of aryl methyl sites for hydroxylation is 1. The number of carbonyl (C=O) groups excluding carboxylic acids is 1. The minimum atomic E-state index is -0.272. The third kappa shape index (κ3) is 3.77. The maximum absolute atomic E-state index is 13.3. The fourth-order valence-electron chi connectivity index (χ4n) is 4.11. The van der Waals surface area contributed by atoms with Crippen LogP contribution in [0.1, 0.15) is 21.7 Å². The maximum atomic E-state index is 13.3. The number of amides is 1. The van der Waals surface area contributed by atoms with Crippen LogP contribution in [0.2, 0.25) is 0 Å². The molecular weight excluding hydrogens is 381 g/mol. The number of piperazine rings is 1. The van der Waals surface area contributed by atoms with Gasteiger partial charge in [0.15, 0.2) is 0 Å². The second-order valence-electron chi connectivity index (χ2n) is 7.58. The molecule has 0 atom stereocenters. The second-order valence-corrected chi connectivity index (χ2v) is 7.58. The van der Waals surface area contributed by atoms with Crippen LogP contribution in [0.25, 0.3) is 5.69 Å². The van der Waals surface area contributed by atoms with E-state index < -0.39 is 0 Å². The SMILES string of the molecule is COc1cccc(N2CCN(C(=O)c3cc(C)n(-c4ccc(F)cc4)c3C)CC2)c1. The van der Waals surface area contributed by atoms with E-state index in [1.807, 2.05) is 47.6 Å². The van der Waals surface area contributed by atoms with Gasteiger partial charge in [0.05, 0.1) is 12.7 Å². The van der Waals surface area contributed by atoms with E-state index in [1.165, 1.54) is 12.1 Å². The summed E-state index contributed by atoms with van der Waals surface area (Å²) in [4.78, 5) is 17.4. The monoisotopic (exact) mass is 407 g/mol. The third-order valence-corrected chi connectivity index (χ3v) is 5.73. The number of ether oxygens (including phenoxy) is 1. The van der Waals surface area contributed by atoms with Crippen LogP contribution in [0.3, 0.4) is 0 Å². The Kier molecular flexibility index (Phi) is 5.48. The molecule has 0 aliphatic carbocycles. The quantitative estimate of drug-likeness (QED) is 0.650. The molecule has 0 spiro atoms. The third-order valence-electron chi connectivity index (χ3n) is 5.73. The van der Waals surface area contributed by atoms with Crippen LogP contribution in [0, 0.1) is 19.7 Å². The average molecular weight is 407 g/mol. The van der Waals surface area contributed by atoms with Gasteiger partial charge in [0, 0.05) is 55.0 Å². The van der Waals surface area contributed by atoms with E-state index in [0.717, 1.165) is 41.6 Å². The molecule has 4 rings (SSSR count). The highest BCUT2D eigenvalue weighted by atomic mass is 19.1. The zero-order valence-electron chi connectivity index (χ0n) is 17.6. The minimum absolute atomic E-state index is 0.0433. The molecule has 1 amide bonds. The number of anilines is 1. The molecule has 1 saturated heterocycles. The van der Waals surface area contributed by atoms with Crippen LogP contribution in [0.4, 0.5) is 10.1 Å². The standard InChI is InChI=1S/C24H26FN3O2/c1-17-15-23(18(2)28(17)20-9-7-19(25)8-10-20)24(29)27-13-11-26(12-14-27)21-5-4-6-22(16-21)30-3/h4-10,15-16H,11-14H2,1-3H3. The van der Waals surface area contributed by atoms with E-state index >= 15 is 0 Å². The van der Waals surface area contributed by atoms with E-state index in [9.17, 15) is 9.18 Å². The normalized spacial score (nSPS) is 14.1. The molecule has 0 bridgehead atoms. The molecule has 0 saturated carbocycles. The highest BCUT2D eigenvalue weighted by molar-refractivity contribution is 5.96. The van der Waals surface area contributed by atoms with Gasteiger partial charge in [0.25, 0.3) is 5.91 Å². The van der Waals surface area contributed by atoms with Crippen molar-refractivity contribution in [2.75, 3.05) is 38.2 Å². The number of benzene rings is 2. The number of carbonyl (C=O) groups is 1. The van der Waals surface area contributed by atoms with Crippen molar-refractivity contribution in [3.8, 4) is 11.4 Å². The molecule has 3 aromatic rings. The zero-order chi connectivity index (χ0) is 21.3. The Morgan fingerprint density at radius 2 is 1.63 bits per heavy atom. The Bertz CT molecular complexity index is 1050. The molecule has 1 aromatic heterocycles. The lowest BCUT2D eigenvalue weighted by atomic mass is 10.2. The molecule has 30 heavy (non-hydrogen) atoms. The number of hydrogen-bond donors (Lipinski definition) is 0. The molecule has 2 aromatic carbocycles. The Morgan fingerprint density at radius 1 is 0.933 bits per heavy atom. The van der Waals surface area contributed by atoms with Crippen molar-refractivity contribution in [1.82, 2.24) is 9.47 Å². The molecule has 1 aliphatic rings. The maximum Gasteiger partial charge on any atom is 0.255 e. The number of methoxy groups -OCH3 is 1. The van der Waals surface area contributed by atoms with Gasteiger partial charge in [-0.15, -0.1) is 0 Å². The first-order valence-electron chi connectivity index (χ1n) is 10.1. The van der Waals surface area contributed by atoms with Crippen molar-refractivity contribution in [1.29, 1.82) is 0 Å². The van der Waals surface area contributed by atoms with E-state index in [4.69, 9.17) is 4.74 Å². The van der Waals surface area contributed by atoms with Gasteiger partial charge in [0.2, 0.25) is 0 Å². The van der Waals surface area contributed by atoms with Gasteiger partial charge >= 0.3 is 0 Å². The lowest BCUT2D eigenvalue weighted by molar-refractivity contribution is 0.0746. The van der Waals surface area contributed by atoms with Crippen molar-refractivity contribution < 1.29 is 13.9 Å². The smallest absolute Gasteiger partial charge is 0.255 e. The molecule has 0 unspecified atom stereocenters. The summed E-state index contributed by atoms with van der Waals surface area (Å²) in [5.74, 6) is 0.604. The van der Waals surface area contributed by atoms with Crippen molar-refractivity contribution in [3.63, 3.8) is 0 Å². The summed E-state index contributed by atoms with van der Waals surface area (Å²) in [6.07, 6.45) is 0. The van der Waals surface area contributed by atoms with E-state index in [0.29, 0.717) is 18.7 Å².